The van der Waals surface area contributed by atoms with Crippen molar-refractivity contribution in [3.8, 4) is 11.1 Å². The molecule has 45 heavy (non-hydrogen) atoms. The third kappa shape index (κ3) is 4.99. The number of carbonyl (C=O) groups excluding carboxylic acids is 2. The number of hydrogen-bond acceptors (Lipinski definition) is 6. The second-order valence-corrected chi connectivity index (χ2v) is 11.2. The summed E-state index contributed by atoms with van der Waals surface area (Å²) >= 11 is 0. The van der Waals surface area contributed by atoms with Crippen LogP contribution in [0, 0.1) is 6.92 Å². The van der Waals surface area contributed by atoms with Gasteiger partial charge in [0, 0.05) is 60.8 Å². The van der Waals surface area contributed by atoms with Gasteiger partial charge < -0.3 is 14.5 Å². The summed E-state index contributed by atoms with van der Waals surface area (Å²) in [7, 11) is 0. The Labute approximate surface area is 256 Å². The molecule has 0 spiro atoms. The van der Waals surface area contributed by atoms with Crippen LogP contribution in [0.1, 0.15) is 30.2 Å². The summed E-state index contributed by atoms with van der Waals surface area (Å²) in [6, 6.07) is 15.5. The van der Waals surface area contributed by atoms with Crippen molar-refractivity contribution in [3.05, 3.63) is 77.6 Å². The molecule has 0 unspecified atom stereocenters. The third-order valence-corrected chi connectivity index (χ3v) is 8.58. The lowest BCUT2D eigenvalue weighted by Crippen LogP contribution is -2.49. The molecule has 0 aliphatic carbocycles. The number of ether oxygens (including phenoxy) is 1. The van der Waals surface area contributed by atoms with Crippen LogP contribution in [0.5, 0.6) is 0 Å². The van der Waals surface area contributed by atoms with Crippen LogP contribution in [-0.4, -0.2) is 58.3 Å². The van der Waals surface area contributed by atoms with Gasteiger partial charge in [0.25, 0.3) is 0 Å². The summed E-state index contributed by atoms with van der Waals surface area (Å²) < 4.78 is 49.1. The Hall–Kier alpha value is -5.13. The number of pyridine rings is 1. The first-order chi connectivity index (χ1) is 21.6. The third-order valence-electron chi connectivity index (χ3n) is 8.58. The second kappa shape index (κ2) is 10.8. The molecule has 2 aliphatic rings. The lowest BCUT2D eigenvalue weighted by atomic mass is 9.99. The number of halogens is 3. The molecule has 5 aromatic rings. The average molecular weight is 615 g/mol. The molecule has 7 rings (SSSR count). The summed E-state index contributed by atoms with van der Waals surface area (Å²) in [5.74, 6) is -0.0228. The van der Waals surface area contributed by atoms with Crippen LogP contribution in [0.25, 0.3) is 32.9 Å². The number of nitrogens with zero attached hydrogens (tertiary/aromatic N) is 5. The monoisotopic (exact) mass is 614 g/mol. The molecule has 230 valence electrons. The number of benzene rings is 3. The van der Waals surface area contributed by atoms with Crippen LogP contribution in [-0.2, 0) is 22.3 Å². The van der Waals surface area contributed by atoms with E-state index in [0.29, 0.717) is 41.7 Å². The minimum absolute atomic E-state index is 0.00672. The second-order valence-electron chi connectivity index (χ2n) is 11.2. The van der Waals surface area contributed by atoms with Gasteiger partial charge in [-0.3, -0.25) is 14.9 Å². The van der Waals surface area contributed by atoms with Crippen molar-refractivity contribution >= 4 is 50.9 Å². The number of H-pyrrole nitrogens is 1. The quantitative estimate of drug-likeness (QED) is 0.235. The molecule has 1 fully saturated rings. The predicted molar refractivity (Wildman–Crippen MR) is 164 cm³/mol. The fourth-order valence-electron chi connectivity index (χ4n) is 6.21. The number of amides is 2. The number of aromatic nitrogens is 3. The van der Waals surface area contributed by atoms with Crippen molar-refractivity contribution in [1.82, 2.24) is 20.1 Å². The van der Waals surface area contributed by atoms with Crippen LogP contribution >= 0.6 is 0 Å². The molecule has 0 bridgehead atoms. The molecule has 2 aliphatic heterocycles. The molecule has 2 aromatic heterocycles. The Morgan fingerprint density at radius 2 is 1.71 bits per heavy atom. The van der Waals surface area contributed by atoms with E-state index in [9.17, 15) is 22.8 Å². The van der Waals surface area contributed by atoms with Crippen molar-refractivity contribution < 1.29 is 27.5 Å². The summed E-state index contributed by atoms with van der Waals surface area (Å²) in [6.45, 7) is 4.85. The number of hydrogen-bond donors (Lipinski definition) is 1. The van der Waals surface area contributed by atoms with E-state index >= 15 is 0 Å². The van der Waals surface area contributed by atoms with E-state index in [4.69, 9.17) is 4.74 Å². The zero-order chi connectivity index (χ0) is 31.5. The van der Waals surface area contributed by atoms with E-state index in [2.05, 4.69) is 15.2 Å². The first-order valence-corrected chi connectivity index (χ1v) is 14.7. The molecule has 12 heteroatoms. The van der Waals surface area contributed by atoms with Gasteiger partial charge >= 0.3 is 12.3 Å². The Kier molecular flexibility index (Phi) is 6.87. The van der Waals surface area contributed by atoms with Crippen LogP contribution in [0.4, 0.5) is 35.0 Å². The molecule has 0 atom stereocenters. The van der Waals surface area contributed by atoms with Crippen molar-refractivity contribution in [2.45, 2.75) is 33.1 Å². The lowest BCUT2D eigenvalue weighted by Gasteiger charge is -2.37. The van der Waals surface area contributed by atoms with Gasteiger partial charge in [-0.1, -0.05) is 19.1 Å². The van der Waals surface area contributed by atoms with E-state index in [1.807, 2.05) is 43.3 Å². The first kappa shape index (κ1) is 28.6. The van der Waals surface area contributed by atoms with E-state index in [0.717, 1.165) is 33.8 Å². The molecule has 2 amide bonds. The Balaban J connectivity index is 1.32. The molecular formula is C33H29F3N6O3. The van der Waals surface area contributed by atoms with Crippen molar-refractivity contribution in [3.63, 3.8) is 0 Å². The van der Waals surface area contributed by atoms with E-state index in [1.165, 1.54) is 17.0 Å². The van der Waals surface area contributed by atoms with Crippen LogP contribution < -0.4 is 9.80 Å². The molecule has 4 heterocycles. The fraction of sp³-hybridized carbons (Fsp3) is 0.273. The average Bonchev–Trinajstić information content (AvgIpc) is 3.43. The Morgan fingerprint density at radius 1 is 0.978 bits per heavy atom. The highest BCUT2D eigenvalue weighted by Gasteiger charge is 2.38. The van der Waals surface area contributed by atoms with Gasteiger partial charge in [-0.15, -0.1) is 0 Å². The van der Waals surface area contributed by atoms with Crippen LogP contribution in [0.2, 0.25) is 0 Å². The topological polar surface area (TPSA) is 94.7 Å². The molecular weight excluding hydrogens is 585 g/mol. The molecule has 3 aromatic carbocycles. The van der Waals surface area contributed by atoms with Gasteiger partial charge in [0.05, 0.1) is 33.7 Å². The zero-order valence-electron chi connectivity index (χ0n) is 24.6. The zero-order valence-corrected chi connectivity index (χ0v) is 24.6. The maximum atomic E-state index is 14.6. The normalized spacial score (nSPS) is 15.5. The number of piperazine rings is 1. The van der Waals surface area contributed by atoms with Crippen molar-refractivity contribution in [1.29, 1.82) is 0 Å². The Morgan fingerprint density at radius 3 is 2.44 bits per heavy atom. The van der Waals surface area contributed by atoms with Crippen molar-refractivity contribution in [2.24, 2.45) is 0 Å². The summed E-state index contributed by atoms with van der Waals surface area (Å²) in [4.78, 5) is 34.5. The van der Waals surface area contributed by atoms with E-state index in [-0.39, 0.29) is 37.0 Å². The minimum Gasteiger partial charge on any atom is -0.444 e. The summed E-state index contributed by atoms with van der Waals surface area (Å²) in [5, 5.41) is 8.86. The number of rotatable bonds is 4. The van der Waals surface area contributed by atoms with Gasteiger partial charge in [-0.2, -0.15) is 18.3 Å². The van der Waals surface area contributed by atoms with E-state index < -0.39 is 17.8 Å². The number of anilines is 3. The van der Waals surface area contributed by atoms with Gasteiger partial charge in [-0.25, -0.2) is 9.69 Å². The highest BCUT2D eigenvalue weighted by atomic mass is 19.4. The van der Waals surface area contributed by atoms with Gasteiger partial charge in [0.15, 0.2) is 0 Å². The first-order valence-electron chi connectivity index (χ1n) is 14.7. The number of cyclic esters (lactones) is 1. The van der Waals surface area contributed by atoms with Crippen molar-refractivity contribution in [2.75, 3.05) is 36.0 Å². The fourth-order valence-corrected chi connectivity index (χ4v) is 6.21. The largest absolute Gasteiger partial charge is 0.444 e. The maximum absolute atomic E-state index is 14.6. The minimum atomic E-state index is -4.69. The molecule has 0 radical (unpaired) electrons. The predicted octanol–water partition coefficient (Wildman–Crippen LogP) is 6.95. The van der Waals surface area contributed by atoms with Crippen LogP contribution in [0.15, 0.2) is 60.8 Å². The number of alkyl halides is 3. The van der Waals surface area contributed by atoms with Gasteiger partial charge in [0.1, 0.15) is 6.61 Å². The summed E-state index contributed by atoms with van der Waals surface area (Å²) in [5.41, 5.74) is 4.32. The lowest BCUT2D eigenvalue weighted by molar-refractivity contribution is -0.137. The smallest absolute Gasteiger partial charge is 0.419 e. The Bertz CT molecular complexity index is 1980. The van der Waals surface area contributed by atoms with Gasteiger partial charge in [0.2, 0.25) is 5.91 Å². The SMILES string of the molecule is CCC(=O)N1CCN(c2ccc(N3C(=O)OCc4cnc5ccc(-c6ccc7[nH]nc(C)c7c6)cc5c43)cc2C(F)(F)F)CC1. The van der Waals surface area contributed by atoms with Gasteiger partial charge in [-0.05, 0) is 60.5 Å². The number of nitrogens with one attached hydrogen (secondary N) is 1. The molecule has 1 saturated heterocycles. The highest BCUT2D eigenvalue weighted by molar-refractivity contribution is 6.08. The molecule has 0 saturated carbocycles. The number of carbonyl (C=O) groups is 2. The summed E-state index contributed by atoms with van der Waals surface area (Å²) in [6.07, 6.45) is -3.53. The molecule has 9 nitrogen and oxygen atoms in total. The molecule has 1 N–H and O–H groups in total. The highest BCUT2D eigenvalue weighted by Crippen LogP contribution is 2.44. The maximum Gasteiger partial charge on any atom is 0.419 e. The van der Waals surface area contributed by atoms with E-state index in [1.54, 1.807) is 22.9 Å². The number of fused-ring (bicyclic) bond motifs is 4. The standard InChI is InChI=1S/C33H29F3N6O3/c1-3-30(43)41-12-10-40(11-13-41)29-9-6-23(16-26(29)33(34,35)36)42-31-22(18-45-32(42)44)17-37-27-7-4-21(15-25(27)31)20-5-8-28-24(14-20)19(2)38-39-28/h4-9,14-17H,3,10-13,18H2,1-2H3,(H,38,39). The number of aryl methyl sites for hydroxylation is 1. The van der Waals surface area contributed by atoms with Crippen LogP contribution in [0.3, 0.4) is 0 Å². The number of aromatic amines is 1.